The van der Waals surface area contributed by atoms with Crippen LogP contribution in [0.4, 0.5) is 5.13 Å². The summed E-state index contributed by atoms with van der Waals surface area (Å²) in [5.74, 6) is -0.311. The molecule has 22 heteroatoms. The van der Waals surface area contributed by atoms with Gasteiger partial charge in [-0.3, -0.25) is 9.87 Å². The average molecular weight is 673 g/mol. The zero-order chi connectivity index (χ0) is 32.0. The monoisotopic (exact) mass is 672 g/mol. The summed E-state index contributed by atoms with van der Waals surface area (Å²) in [5.41, 5.74) is 11.4. The number of carbonyl (C=O) groups is 1. The average Bonchev–Trinajstić information content (AvgIpc) is 3.43. The van der Waals surface area contributed by atoms with Gasteiger partial charge in [0.15, 0.2) is 11.1 Å². The van der Waals surface area contributed by atoms with Crippen LogP contribution in [-0.4, -0.2) is 124 Å². The molecule has 9 N–H and O–H groups in total. The molecule has 45 heavy (non-hydrogen) atoms. The van der Waals surface area contributed by atoms with Crippen molar-refractivity contribution in [3.8, 4) is 0 Å². The Balaban J connectivity index is 1.18. The van der Waals surface area contributed by atoms with Crippen molar-refractivity contribution in [2.24, 2.45) is 21.8 Å². The highest BCUT2D eigenvalue weighted by Gasteiger charge is 2.54. The standard InChI is InChI=1S/C23H36N12O8S2/c24-21(27-5-14-3-26-4-14)28-6-15-7-30-35(32-15)8-19-17(10-42-13-34(19)45(38,39)40)29-12-41-9-16(18-11-44-22(25)31-18)33-43-23(1-2-23)20(36)37/h7,11,14,17,19,26,29H,1-6,8-10,12-13H2,(H2,25,31)(H,36,37)(H3,24,27,28)(H,38,39,40)/b33-16+/t17-,19-/m1/s1. The number of carboxylic acids is 1. The highest BCUT2D eigenvalue weighted by atomic mass is 32.2. The van der Waals surface area contributed by atoms with Gasteiger partial charge in [-0.15, -0.1) is 15.6 Å². The highest BCUT2D eigenvalue weighted by molar-refractivity contribution is 7.83. The van der Waals surface area contributed by atoms with E-state index in [2.05, 4.69) is 41.3 Å². The SMILES string of the molecule is NC(=NCc1cnn(C[C@@H]2[C@H](NCOC/C(=N\OC3(C(=O)O)CC3)c3csc(N)n3)COCN2S(=O)(=O)O)n1)NCC1CNC1. The quantitative estimate of drug-likeness (QED) is 0.0240. The molecule has 1 saturated carbocycles. The van der Waals surface area contributed by atoms with E-state index in [1.54, 1.807) is 5.38 Å². The number of nitrogens with zero attached hydrogens (tertiary/aromatic N) is 7. The van der Waals surface area contributed by atoms with Gasteiger partial charge in [0, 0.05) is 43.8 Å². The number of hydrogen-bond donors (Lipinski definition) is 7. The van der Waals surface area contributed by atoms with Gasteiger partial charge in [-0.05, 0) is 0 Å². The molecular weight excluding hydrogens is 636 g/mol. The lowest BCUT2D eigenvalue weighted by molar-refractivity contribution is -0.153. The Morgan fingerprint density at radius 3 is 2.80 bits per heavy atom. The number of nitrogens with one attached hydrogen (secondary N) is 3. The Morgan fingerprint density at radius 1 is 1.36 bits per heavy atom. The molecule has 2 saturated heterocycles. The molecule has 1 aliphatic carbocycles. The van der Waals surface area contributed by atoms with Crippen molar-refractivity contribution in [2.75, 3.05) is 52.0 Å². The van der Waals surface area contributed by atoms with Gasteiger partial charge in [0.05, 0.1) is 51.3 Å². The number of aliphatic carboxylic acids is 1. The first kappa shape index (κ1) is 32.9. The molecule has 2 aromatic rings. The van der Waals surface area contributed by atoms with Gasteiger partial charge in [0.2, 0.25) is 5.60 Å². The number of thiazole rings is 1. The fourth-order valence-corrected chi connectivity index (χ4v) is 5.77. The van der Waals surface area contributed by atoms with E-state index in [1.165, 1.54) is 22.3 Å². The number of nitrogens with two attached hydrogens (primary N) is 2. The molecule has 3 fully saturated rings. The van der Waals surface area contributed by atoms with Crippen LogP contribution >= 0.6 is 11.3 Å². The van der Waals surface area contributed by atoms with E-state index >= 15 is 0 Å². The number of guanidine groups is 1. The third-order valence-electron chi connectivity index (χ3n) is 7.36. The van der Waals surface area contributed by atoms with E-state index < -0.39 is 34.0 Å². The summed E-state index contributed by atoms with van der Waals surface area (Å²) in [4.78, 5) is 26.5. The topological polar surface area (TPSA) is 279 Å². The second kappa shape index (κ2) is 14.3. The smallest absolute Gasteiger partial charge is 0.350 e. The molecule has 5 rings (SSSR count). The van der Waals surface area contributed by atoms with Gasteiger partial charge >= 0.3 is 16.3 Å². The molecule has 0 spiro atoms. The van der Waals surface area contributed by atoms with Crippen molar-refractivity contribution in [3.63, 3.8) is 0 Å². The lowest BCUT2D eigenvalue weighted by atomic mass is 10.0. The highest BCUT2D eigenvalue weighted by Crippen LogP contribution is 2.40. The molecule has 3 aliphatic rings. The predicted molar refractivity (Wildman–Crippen MR) is 159 cm³/mol. The number of anilines is 1. The van der Waals surface area contributed by atoms with Crippen LogP contribution in [0.1, 0.15) is 24.2 Å². The van der Waals surface area contributed by atoms with Crippen LogP contribution in [0.25, 0.3) is 0 Å². The first-order valence-electron chi connectivity index (χ1n) is 14.0. The van der Waals surface area contributed by atoms with Crippen LogP contribution in [0.5, 0.6) is 0 Å². The van der Waals surface area contributed by atoms with Crippen LogP contribution < -0.4 is 27.4 Å². The number of rotatable bonds is 16. The Morgan fingerprint density at radius 2 is 2.16 bits per heavy atom. The summed E-state index contributed by atoms with van der Waals surface area (Å²) in [5, 5.41) is 33.2. The van der Waals surface area contributed by atoms with Gasteiger partial charge in [-0.2, -0.15) is 23.4 Å². The van der Waals surface area contributed by atoms with E-state index in [-0.39, 0.29) is 56.6 Å². The molecule has 0 radical (unpaired) electrons. The zero-order valence-electron chi connectivity index (χ0n) is 24.1. The van der Waals surface area contributed by atoms with E-state index in [1.807, 2.05) is 0 Å². The fourth-order valence-electron chi connectivity index (χ4n) is 4.43. The summed E-state index contributed by atoms with van der Waals surface area (Å²) in [6.07, 6.45) is 2.16. The van der Waals surface area contributed by atoms with Crippen LogP contribution in [-0.2, 0) is 42.5 Å². The number of hydrogen-bond acceptors (Lipinski definition) is 15. The molecule has 20 nitrogen and oxygen atoms in total. The van der Waals surface area contributed by atoms with E-state index in [0.29, 0.717) is 30.1 Å². The minimum absolute atomic E-state index is 0.0249. The Kier molecular flexibility index (Phi) is 10.4. The van der Waals surface area contributed by atoms with Gasteiger partial charge in [0.25, 0.3) is 0 Å². The lowest BCUT2D eigenvalue weighted by Gasteiger charge is -2.38. The van der Waals surface area contributed by atoms with Crippen molar-refractivity contribution in [2.45, 2.75) is 43.6 Å². The van der Waals surface area contributed by atoms with E-state index in [9.17, 15) is 22.9 Å². The maximum atomic E-state index is 12.2. The van der Waals surface area contributed by atoms with Crippen LogP contribution in [0.3, 0.4) is 0 Å². The van der Waals surface area contributed by atoms with E-state index in [0.717, 1.165) is 23.9 Å². The van der Waals surface area contributed by atoms with Crippen molar-refractivity contribution in [3.05, 3.63) is 23.0 Å². The number of carboxylic acid groups (broad SMARTS) is 1. The van der Waals surface area contributed by atoms with Crippen LogP contribution in [0.15, 0.2) is 21.7 Å². The number of aliphatic imine (C=N–C) groups is 1. The second-order valence-corrected chi connectivity index (χ2v) is 13.0. The number of oxime groups is 1. The van der Waals surface area contributed by atoms with Gasteiger partial charge in [-0.1, -0.05) is 5.16 Å². The molecule has 0 unspecified atom stereocenters. The van der Waals surface area contributed by atoms with Crippen molar-refractivity contribution < 1.29 is 37.2 Å². The largest absolute Gasteiger partial charge is 0.478 e. The fraction of sp³-hybridized carbons (Fsp3) is 0.652. The molecule has 0 bridgehead atoms. The maximum Gasteiger partial charge on any atom is 0.350 e. The van der Waals surface area contributed by atoms with Gasteiger partial charge in [-0.25, -0.2) is 14.8 Å². The second-order valence-electron chi connectivity index (χ2n) is 10.7. The molecule has 4 heterocycles. The zero-order valence-corrected chi connectivity index (χ0v) is 25.7. The van der Waals surface area contributed by atoms with Crippen molar-refractivity contribution >= 4 is 44.4 Å². The molecule has 2 atom stereocenters. The van der Waals surface area contributed by atoms with Gasteiger partial charge < -0.3 is 41.5 Å². The first-order chi connectivity index (χ1) is 21.5. The van der Waals surface area contributed by atoms with Crippen LogP contribution in [0.2, 0.25) is 0 Å². The molecule has 0 aromatic carbocycles. The summed E-state index contributed by atoms with van der Waals surface area (Å²) in [6, 6.07) is -1.51. The van der Waals surface area contributed by atoms with Crippen LogP contribution in [0, 0.1) is 5.92 Å². The van der Waals surface area contributed by atoms with Crippen molar-refractivity contribution in [1.29, 1.82) is 0 Å². The molecular formula is C23H36N12O8S2. The normalized spacial score (nSPS) is 22.6. The predicted octanol–water partition coefficient (Wildman–Crippen LogP) is -2.63. The molecule has 248 valence electrons. The third kappa shape index (κ3) is 8.82. The third-order valence-corrected chi connectivity index (χ3v) is 9.00. The molecule has 2 aliphatic heterocycles. The number of ether oxygens (including phenoxy) is 2. The van der Waals surface area contributed by atoms with Gasteiger partial charge in [0.1, 0.15) is 23.8 Å². The summed E-state index contributed by atoms with van der Waals surface area (Å²) < 4.78 is 46.2. The lowest BCUT2D eigenvalue weighted by Crippen LogP contribution is -2.60. The molecule has 0 amide bonds. The Labute approximate surface area is 262 Å². The number of aromatic nitrogens is 4. The molecule has 2 aromatic heterocycles. The van der Waals surface area contributed by atoms with E-state index in [4.69, 9.17) is 25.8 Å². The minimum Gasteiger partial charge on any atom is -0.478 e. The Hall–Kier alpha value is -3.51. The summed E-state index contributed by atoms with van der Waals surface area (Å²) in [6.45, 7) is 2.21. The Bertz CT molecular complexity index is 1490. The number of nitrogen functional groups attached to an aromatic ring is 1. The van der Waals surface area contributed by atoms with Crippen molar-refractivity contribution in [1.82, 2.24) is 40.2 Å². The maximum absolute atomic E-state index is 12.2. The minimum atomic E-state index is -4.65. The summed E-state index contributed by atoms with van der Waals surface area (Å²) >= 11 is 1.17. The summed E-state index contributed by atoms with van der Waals surface area (Å²) in [7, 11) is -4.65. The first-order valence-corrected chi connectivity index (χ1v) is 16.3.